The molecule has 2 aromatic carbocycles. The summed E-state index contributed by atoms with van der Waals surface area (Å²) in [6.45, 7) is 3.42. The number of aromatic nitrogens is 4. The van der Waals surface area contributed by atoms with Crippen molar-refractivity contribution in [1.29, 1.82) is 0 Å². The minimum Gasteiger partial charge on any atom is -0.453 e. The van der Waals surface area contributed by atoms with E-state index < -0.39 is 40.8 Å². The summed E-state index contributed by atoms with van der Waals surface area (Å²) in [5, 5.41) is 6.62. The first-order valence-corrected chi connectivity index (χ1v) is 13.0. The van der Waals surface area contributed by atoms with E-state index in [4.69, 9.17) is 4.74 Å². The molecule has 220 valence electrons. The van der Waals surface area contributed by atoms with Gasteiger partial charge in [0, 0.05) is 24.7 Å². The predicted molar refractivity (Wildman–Crippen MR) is 152 cm³/mol. The third kappa shape index (κ3) is 5.91. The van der Waals surface area contributed by atoms with Gasteiger partial charge < -0.3 is 9.47 Å². The average molecular weight is 590 g/mol. The number of Topliss-reactive ketones (excluding diaryl/α,β-unsaturated/α-hetero) is 1. The minimum absolute atomic E-state index is 0.103. The Morgan fingerprint density at radius 2 is 1.72 bits per heavy atom. The molecule has 1 N–H and O–H groups in total. The number of nitrogens with one attached hydrogen (secondary N) is 1. The van der Waals surface area contributed by atoms with Crippen LogP contribution in [0, 0.1) is 11.6 Å². The fourth-order valence-electron chi connectivity index (χ4n) is 4.40. The quantitative estimate of drug-likeness (QED) is 0.255. The van der Waals surface area contributed by atoms with Crippen LogP contribution in [0.2, 0.25) is 0 Å². The second-order valence-electron chi connectivity index (χ2n) is 9.78. The maximum absolute atomic E-state index is 15.2. The Morgan fingerprint density at radius 3 is 2.40 bits per heavy atom. The van der Waals surface area contributed by atoms with Gasteiger partial charge in [0.1, 0.15) is 16.9 Å². The topological polar surface area (TPSA) is 126 Å². The van der Waals surface area contributed by atoms with Crippen LogP contribution >= 0.6 is 0 Å². The highest BCUT2D eigenvalue weighted by Gasteiger charge is 2.21. The van der Waals surface area contributed by atoms with Gasteiger partial charge in [0.15, 0.2) is 23.1 Å². The summed E-state index contributed by atoms with van der Waals surface area (Å²) in [6.07, 6.45) is 3.15. The molecule has 0 fully saturated rings. The predicted octanol–water partition coefficient (Wildman–Crippen LogP) is 4.90. The van der Waals surface area contributed by atoms with Gasteiger partial charge in [0.2, 0.25) is 0 Å². The van der Waals surface area contributed by atoms with E-state index in [0.29, 0.717) is 5.52 Å². The number of ketones is 1. The average Bonchev–Trinajstić information content (AvgIpc) is 3.44. The number of carbonyl (C=O) groups excluding carboxylic acids is 2. The number of rotatable bonds is 8. The normalized spacial score (nSPS) is 11.1. The molecule has 13 heteroatoms. The van der Waals surface area contributed by atoms with E-state index in [1.807, 2.05) is 0 Å². The number of amides is 1. The Labute approximate surface area is 242 Å². The van der Waals surface area contributed by atoms with Gasteiger partial charge in [0.25, 0.3) is 5.56 Å². The summed E-state index contributed by atoms with van der Waals surface area (Å²) in [4.78, 5) is 51.3. The van der Waals surface area contributed by atoms with Crippen molar-refractivity contribution in [2.75, 3.05) is 12.4 Å². The lowest BCUT2D eigenvalue weighted by Crippen LogP contribution is -2.42. The second kappa shape index (κ2) is 11.7. The highest BCUT2D eigenvalue weighted by molar-refractivity contribution is 5.97. The Bertz CT molecular complexity index is 1980. The number of benzene rings is 2. The van der Waals surface area contributed by atoms with Gasteiger partial charge in [-0.1, -0.05) is 6.07 Å². The standard InChI is InChI=1S/C30H25F2N5O6/c1-17(2)35-16-22(28(39)37(30(35)41)21-7-5-19(31)6-8-21)25(38)13-18-4-9-26(23(32)12-18)43-27-14-20(34-29(40)42-3)15-36-24(27)10-11-33-36/h4-12,14-17H,13H2,1-3H3,(H,34,40). The molecule has 0 saturated heterocycles. The zero-order valence-corrected chi connectivity index (χ0v) is 23.2. The summed E-state index contributed by atoms with van der Waals surface area (Å²) in [7, 11) is 1.21. The molecule has 5 aromatic rings. The number of fused-ring (bicyclic) bond motifs is 1. The molecular formula is C30H25F2N5O6. The lowest BCUT2D eigenvalue weighted by molar-refractivity contribution is 0.0990. The van der Waals surface area contributed by atoms with Gasteiger partial charge >= 0.3 is 11.8 Å². The van der Waals surface area contributed by atoms with Gasteiger partial charge in [-0.05, 0) is 61.9 Å². The van der Waals surface area contributed by atoms with E-state index in [1.54, 1.807) is 19.9 Å². The maximum Gasteiger partial charge on any atom is 0.411 e. The van der Waals surface area contributed by atoms with Crippen molar-refractivity contribution in [3.8, 4) is 17.2 Å². The Morgan fingerprint density at radius 1 is 0.977 bits per heavy atom. The van der Waals surface area contributed by atoms with Crippen LogP contribution in [0.4, 0.5) is 19.3 Å². The van der Waals surface area contributed by atoms with Crippen LogP contribution in [0.1, 0.15) is 35.8 Å². The first-order chi connectivity index (χ1) is 20.5. The highest BCUT2D eigenvalue weighted by atomic mass is 19.1. The molecule has 3 heterocycles. The molecule has 0 radical (unpaired) electrons. The lowest BCUT2D eigenvalue weighted by Gasteiger charge is -2.15. The fraction of sp³-hybridized carbons (Fsp3) is 0.167. The van der Waals surface area contributed by atoms with Crippen molar-refractivity contribution in [3.05, 3.63) is 117 Å². The molecule has 0 spiro atoms. The number of nitrogens with zero attached hydrogens (tertiary/aromatic N) is 4. The van der Waals surface area contributed by atoms with Gasteiger partial charge in [-0.15, -0.1) is 0 Å². The van der Waals surface area contributed by atoms with Crippen molar-refractivity contribution in [3.63, 3.8) is 0 Å². The van der Waals surface area contributed by atoms with Crippen LogP contribution in [0.3, 0.4) is 0 Å². The van der Waals surface area contributed by atoms with Crippen molar-refractivity contribution in [2.24, 2.45) is 0 Å². The summed E-state index contributed by atoms with van der Waals surface area (Å²) in [5.74, 6) is -1.97. The Kier molecular flexibility index (Phi) is 7.88. The van der Waals surface area contributed by atoms with E-state index >= 15 is 4.39 Å². The molecule has 0 aliphatic rings. The number of pyridine rings is 1. The van der Waals surface area contributed by atoms with Crippen LogP contribution in [-0.4, -0.2) is 37.7 Å². The third-order valence-electron chi connectivity index (χ3n) is 6.54. The van der Waals surface area contributed by atoms with Crippen molar-refractivity contribution < 1.29 is 27.8 Å². The largest absolute Gasteiger partial charge is 0.453 e. The molecule has 0 atom stereocenters. The number of halogens is 2. The fourth-order valence-corrected chi connectivity index (χ4v) is 4.40. The highest BCUT2D eigenvalue weighted by Crippen LogP contribution is 2.31. The van der Waals surface area contributed by atoms with Crippen LogP contribution in [0.5, 0.6) is 11.5 Å². The van der Waals surface area contributed by atoms with E-state index in [-0.39, 0.29) is 40.4 Å². The molecule has 0 aliphatic heterocycles. The molecule has 0 saturated carbocycles. The molecule has 3 aromatic heterocycles. The van der Waals surface area contributed by atoms with Crippen LogP contribution in [0.25, 0.3) is 11.2 Å². The summed E-state index contributed by atoms with van der Waals surface area (Å²) in [5.41, 5.74) is -0.706. The van der Waals surface area contributed by atoms with Gasteiger partial charge in [-0.2, -0.15) is 5.10 Å². The number of ether oxygens (including phenoxy) is 2. The molecule has 0 aliphatic carbocycles. The van der Waals surface area contributed by atoms with Crippen molar-refractivity contribution in [2.45, 2.75) is 26.3 Å². The van der Waals surface area contributed by atoms with Gasteiger partial charge in [-0.25, -0.2) is 27.5 Å². The zero-order chi connectivity index (χ0) is 30.8. The minimum atomic E-state index is -0.871. The summed E-state index contributed by atoms with van der Waals surface area (Å²) < 4.78 is 42.6. The first kappa shape index (κ1) is 28.9. The molecule has 0 bridgehead atoms. The van der Waals surface area contributed by atoms with Gasteiger partial charge in [-0.3, -0.25) is 19.5 Å². The SMILES string of the molecule is COC(=O)Nc1cc(Oc2ccc(CC(=O)c3cn(C(C)C)c(=O)n(-c4ccc(F)cc4)c3=O)cc2F)c2ccnn2c1. The Balaban J connectivity index is 1.44. The number of hydrogen-bond donors (Lipinski definition) is 1. The van der Waals surface area contributed by atoms with Crippen LogP contribution < -0.4 is 21.3 Å². The molecule has 1 amide bonds. The number of anilines is 1. The second-order valence-corrected chi connectivity index (χ2v) is 9.78. The summed E-state index contributed by atoms with van der Waals surface area (Å²) >= 11 is 0. The molecule has 0 unspecified atom stereocenters. The zero-order valence-electron chi connectivity index (χ0n) is 23.2. The van der Waals surface area contributed by atoms with E-state index in [0.717, 1.165) is 22.8 Å². The number of carbonyl (C=O) groups is 2. The first-order valence-electron chi connectivity index (χ1n) is 13.0. The van der Waals surface area contributed by atoms with Crippen molar-refractivity contribution in [1.82, 2.24) is 18.7 Å². The van der Waals surface area contributed by atoms with E-state index in [9.17, 15) is 23.6 Å². The van der Waals surface area contributed by atoms with Gasteiger partial charge in [0.05, 0.1) is 30.9 Å². The van der Waals surface area contributed by atoms with E-state index in [1.165, 1.54) is 65.1 Å². The molecular weight excluding hydrogens is 564 g/mol. The van der Waals surface area contributed by atoms with Crippen LogP contribution in [-0.2, 0) is 11.2 Å². The molecule has 5 rings (SSSR count). The Hall–Kier alpha value is -5.59. The molecule has 43 heavy (non-hydrogen) atoms. The molecule has 11 nitrogen and oxygen atoms in total. The smallest absolute Gasteiger partial charge is 0.411 e. The maximum atomic E-state index is 15.2. The summed E-state index contributed by atoms with van der Waals surface area (Å²) in [6, 6.07) is 11.4. The number of methoxy groups -OCH3 is 1. The van der Waals surface area contributed by atoms with Crippen LogP contribution in [0.15, 0.2) is 82.8 Å². The van der Waals surface area contributed by atoms with E-state index in [2.05, 4.69) is 15.2 Å². The third-order valence-corrected chi connectivity index (χ3v) is 6.54. The number of hydrogen-bond acceptors (Lipinski definition) is 7. The monoisotopic (exact) mass is 589 g/mol. The lowest BCUT2D eigenvalue weighted by atomic mass is 10.0. The van der Waals surface area contributed by atoms with Crippen molar-refractivity contribution >= 4 is 23.1 Å².